The maximum Gasteiger partial charge on any atom is 0.308 e. The lowest BCUT2D eigenvalue weighted by Gasteiger charge is -2.07. The van der Waals surface area contributed by atoms with E-state index in [1.165, 1.54) is 0 Å². The minimum Gasteiger partial charge on any atom is -0.299 e. The molecule has 0 saturated carbocycles. The van der Waals surface area contributed by atoms with Crippen molar-refractivity contribution in [2.45, 2.75) is 24.1 Å². The Morgan fingerprint density at radius 1 is 1.22 bits per heavy atom. The van der Waals surface area contributed by atoms with E-state index in [0.717, 1.165) is 43.1 Å². The number of aromatic nitrogens is 1. The second-order valence-electron chi connectivity index (χ2n) is 4.87. The van der Waals surface area contributed by atoms with Gasteiger partial charge in [-0.15, -0.1) is 11.3 Å². The first-order valence-corrected chi connectivity index (χ1v) is 10.7. The molecule has 0 fully saturated rings. The summed E-state index contributed by atoms with van der Waals surface area (Å²) < 4.78 is 30.7. The standard InChI is InChI=1S/C14H13BrN2O3S3/c1-2-7-17-10-4-3-9(8-11(10)21-14(17)18)16-23(19,20)13-6-5-12(15)22-13/h3-6,8,16H,2,7H2,1H3. The highest BCUT2D eigenvalue weighted by molar-refractivity contribution is 9.11. The Morgan fingerprint density at radius 3 is 2.65 bits per heavy atom. The third-order valence-electron chi connectivity index (χ3n) is 3.18. The van der Waals surface area contributed by atoms with Crippen LogP contribution in [0, 0.1) is 0 Å². The van der Waals surface area contributed by atoms with E-state index in [1.807, 2.05) is 6.92 Å². The van der Waals surface area contributed by atoms with Crippen LogP contribution in [0.5, 0.6) is 0 Å². The third-order valence-corrected chi connectivity index (χ3v) is 7.62. The molecule has 0 atom stereocenters. The minimum atomic E-state index is -3.62. The van der Waals surface area contributed by atoms with E-state index >= 15 is 0 Å². The zero-order chi connectivity index (χ0) is 16.6. The Morgan fingerprint density at radius 2 is 2.00 bits per heavy atom. The molecular formula is C14H13BrN2O3S3. The molecule has 5 nitrogen and oxygen atoms in total. The largest absolute Gasteiger partial charge is 0.308 e. The van der Waals surface area contributed by atoms with Gasteiger partial charge in [0.25, 0.3) is 10.0 Å². The number of nitrogens with zero attached hydrogens (tertiary/aromatic N) is 1. The second-order valence-corrected chi connectivity index (χ2v) is 10.2. The third kappa shape index (κ3) is 3.37. The summed E-state index contributed by atoms with van der Waals surface area (Å²) in [5, 5.41) is 0. The molecule has 0 bridgehead atoms. The van der Waals surface area contributed by atoms with Crippen LogP contribution < -0.4 is 9.60 Å². The monoisotopic (exact) mass is 432 g/mol. The van der Waals surface area contributed by atoms with Gasteiger partial charge in [0.2, 0.25) is 0 Å². The molecule has 2 heterocycles. The van der Waals surface area contributed by atoms with Crippen molar-refractivity contribution in [3.63, 3.8) is 0 Å². The number of thiophene rings is 1. The normalized spacial score (nSPS) is 11.9. The first-order chi connectivity index (χ1) is 10.9. The molecule has 23 heavy (non-hydrogen) atoms. The van der Waals surface area contributed by atoms with Crippen LogP contribution in [0.4, 0.5) is 5.69 Å². The van der Waals surface area contributed by atoms with E-state index in [0.29, 0.717) is 12.2 Å². The summed E-state index contributed by atoms with van der Waals surface area (Å²) in [4.78, 5) is 12.0. The average Bonchev–Trinajstić information content (AvgIpc) is 3.04. The molecule has 0 saturated heterocycles. The Hall–Kier alpha value is -1.16. The molecule has 0 aliphatic heterocycles. The molecule has 0 radical (unpaired) electrons. The Balaban J connectivity index is 1.97. The van der Waals surface area contributed by atoms with E-state index in [-0.39, 0.29) is 9.08 Å². The van der Waals surface area contributed by atoms with E-state index in [9.17, 15) is 13.2 Å². The molecule has 3 aromatic rings. The Bertz CT molecular complexity index is 1020. The SMILES string of the molecule is CCCn1c(=O)sc2cc(NS(=O)(=O)c3ccc(Br)s3)ccc21. The van der Waals surface area contributed by atoms with Crippen LogP contribution in [0.2, 0.25) is 0 Å². The smallest absolute Gasteiger partial charge is 0.299 e. The molecule has 0 aliphatic rings. The molecule has 9 heteroatoms. The van der Waals surface area contributed by atoms with E-state index < -0.39 is 10.0 Å². The highest BCUT2D eigenvalue weighted by Crippen LogP contribution is 2.29. The molecule has 0 unspecified atom stereocenters. The van der Waals surface area contributed by atoms with Crippen molar-refractivity contribution in [1.29, 1.82) is 0 Å². The predicted molar refractivity (Wildman–Crippen MR) is 99.2 cm³/mol. The maximum absolute atomic E-state index is 12.3. The van der Waals surface area contributed by atoms with Crippen molar-refractivity contribution in [3.8, 4) is 0 Å². The molecule has 0 aliphatic carbocycles. The fourth-order valence-corrected chi connectivity index (χ4v) is 6.23. The highest BCUT2D eigenvalue weighted by atomic mass is 79.9. The summed E-state index contributed by atoms with van der Waals surface area (Å²) in [6, 6.07) is 8.41. The zero-order valence-electron chi connectivity index (χ0n) is 12.1. The van der Waals surface area contributed by atoms with Gasteiger partial charge >= 0.3 is 4.87 Å². The van der Waals surface area contributed by atoms with Crippen molar-refractivity contribution < 1.29 is 8.42 Å². The lowest BCUT2D eigenvalue weighted by Crippen LogP contribution is -2.12. The van der Waals surface area contributed by atoms with Gasteiger partial charge in [-0.3, -0.25) is 14.1 Å². The van der Waals surface area contributed by atoms with Gasteiger partial charge in [-0.25, -0.2) is 8.42 Å². The zero-order valence-corrected chi connectivity index (χ0v) is 16.1. The van der Waals surface area contributed by atoms with Crippen LogP contribution in [-0.2, 0) is 16.6 Å². The number of rotatable bonds is 5. The van der Waals surface area contributed by atoms with Crippen molar-refractivity contribution in [2.75, 3.05) is 4.72 Å². The van der Waals surface area contributed by atoms with E-state index in [1.54, 1.807) is 34.9 Å². The van der Waals surface area contributed by atoms with Crippen LogP contribution in [0.3, 0.4) is 0 Å². The number of benzene rings is 1. The van der Waals surface area contributed by atoms with Crippen molar-refractivity contribution in [2.24, 2.45) is 0 Å². The topological polar surface area (TPSA) is 68.2 Å². The summed E-state index contributed by atoms with van der Waals surface area (Å²) in [5.41, 5.74) is 1.29. The second kappa shape index (κ2) is 6.39. The van der Waals surface area contributed by atoms with Crippen LogP contribution in [0.1, 0.15) is 13.3 Å². The van der Waals surface area contributed by atoms with Crippen molar-refractivity contribution in [1.82, 2.24) is 4.57 Å². The summed E-state index contributed by atoms with van der Waals surface area (Å²) in [7, 11) is -3.62. The molecule has 0 amide bonds. The van der Waals surface area contributed by atoms with Gasteiger partial charge in [0.15, 0.2) is 0 Å². The molecule has 122 valence electrons. The molecule has 0 spiro atoms. The first-order valence-electron chi connectivity index (χ1n) is 6.82. The predicted octanol–water partition coefficient (Wildman–Crippen LogP) is 4.10. The first kappa shape index (κ1) is 16.7. The summed E-state index contributed by atoms with van der Waals surface area (Å²) in [5.74, 6) is 0. The molecular weight excluding hydrogens is 420 g/mol. The number of anilines is 1. The molecule has 2 aromatic heterocycles. The summed E-state index contributed by atoms with van der Waals surface area (Å²) >= 11 is 5.53. The van der Waals surface area contributed by atoms with Gasteiger partial charge in [-0.2, -0.15) is 0 Å². The van der Waals surface area contributed by atoms with Crippen LogP contribution in [0.25, 0.3) is 10.2 Å². The van der Waals surface area contributed by atoms with Crippen LogP contribution in [0.15, 0.2) is 43.1 Å². The fraction of sp³-hybridized carbons (Fsp3) is 0.214. The molecule has 3 rings (SSSR count). The number of nitrogens with one attached hydrogen (secondary N) is 1. The summed E-state index contributed by atoms with van der Waals surface area (Å²) in [6.07, 6.45) is 0.868. The summed E-state index contributed by atoms with van der Waals surface area (Å²) in [6.45, 7) is 2.67. The number of fused-ring (bicyclic) bond motifs is 1. The van der Waals surface area contributed by atoms with Gasteiger partial charge in [-0.05, 0) is 52.7 Å². The lowest BCUT2D eigenvalue weighted by atomic mass is 10.3. The van der Waals surface area contributed by atoms with E-state index in [2.05, 4.69) is 20.7 Å². The van der Waals surface area contributed by atoms with Crippen LogP contribution >= 0.6 is 38.6 Å². The molecule has 1 aromatic carbocycles. The Labute approximate surface area is 149 Å². The minimum absolute atomic E-state index is 0.0240. The van der Waals surface area contributed by atoms with Gasteiger partial charge in [0.05, 0.1) is 19.7 Å². The number of thiazole rings is 1. The van der Waals surface area contributed by atoms with E-state index in [4.69, 9.17) is 0 Å². The Kier molecular flexibility index (Phi) is 4.63. The highest BCUT2D eigenvalue weighted by Gasteiger charge is 2.17. The lowest BCUT2D eigenvalue weighted by molar-refractivity contribution is 0.603. The van der Waals surface area contributed by atoms with Gasteiger partial charge < -0.3 is 0 Å². The van der Waals surface area contributed by atoms with Gasteiger partial charge in [0, 0.05) is 6.54 Å². The fourth-order valence-electron chi connectivity index (χ4n) is 2.21. The number of hydrogen-bond donors (Lipinski definition) is 1. The number of halogens is 1. The van der Waals surface area contributed by atoms with Gasteiger partial charge in [-0.1, -0.05) is 18.3 Å². The number of hydrogen-bond acceptors (Lipinski definition) is 5. The van der Waals surface area contributed by atoms with Crippen molar-refractivity contribution in [3.05, 3.63) is 43.8 Å². The van der Waals surface area contributed by atoms with Crippen LogP contribution in [-0.4, -0.2) is 13.0 Å². The van der Waals surface area contributed by atoms with Gasteiger partial charge in [0.1, 0.15) is 4.21 Å². The average molecular weight is 433 g/mol. The number of aryl methyl sites for hydroxylation is 1. The molecule has 1 N–H and O–H groups in total. The number of sulfonamides is 1. The van der Waals surface area contributed by atoms with Crippen molar-refractivity contribution >= 4 is 64.5 Å². The quantitative estimate of drug-likeness (QED) is 0.659. The maximum atomic E-state index is 12.3.